The summed E-state index contributed by atoms with van der Waals surface area (Å²) in [6, 6.07) is 1.65. The van der Waals surface area contributed by atoms with Gasteiger partial charge in [-0.3, -0.25) is 4.98 Å². The molecule has 0 saturated carbocycles. The smallest absolute Gasteiger partial charge is 0.263 e. The molecule has 0 aliphatic carbocycles. The van der Waals surface area contributed by atoms with Gasteiger partial charge in [-0.05, 0) is 12.5 Å². The first-order valence-electron chi connectivity index (χ1n) is 3.38. The lowest BCUT2D eigenvalue weighted by Gasteiger charge is -2.09. The summed E-state index contributed by atoms with van der Waals surface area (Å²) in [7, 11) is 0. The predicted molar refractivity (Wildman–Crippen MR) is 38.7 cm³/mol. The first-order chi connectivity index (χ1) is 5.96. The van der Waals surface area contributed by atoms with E-state index in [0.29, 0.717) is 0 Å². The fourth-order valence-corrected chi connectivity index (χ4v) is 0.924. The van der Waals surface area contributed by atoms with Crippen LogP contribution < -0.4 is 0 Å². The van der Waals surface area contributed by atoms with Crippen molar-refractivity contribution in [3.05, 3.63) is 29.1 Å². The second-order valence-corrected chi connectivity index (χ2v) is 2.47. The molecule has 0 aliphatic rings. The van der Waals surface area contributed by atoms with E-state index in [1.54, 1.807) is 6.07 Å². The van der Waals surface area contributed by atoms with Crippen LogP contribution >= 0.6 is 0 Å². The molecule has 0 fully saturated rings. The van der Waals surface area contributed by atoms with Crippen LogP contribution in [0, 0.1) is 18.3 Å². The molecule has 13 heavy (non-hydrogen) atoms. The maximum absolute atomic E-state index is 12.2. The highest BCUT2D eigenvalue weighted by molar-refractivity contribution is 5.40. The standard InChI is InChI=1S/C8H5F3N2/c1-5-6(2-12)3-13-4-7(5)8(9,10)11/h3-4H,1H3. The fourth-order valence-electron chi connectivity index (χ4n) is 0.924. The van der Waals surface area contributed by atoms with Gasteiger partial charge in [0.1, 0.15) is 6.07 Å². The van der Waals surface area contributed by atoms with Crippen molar-refractivity contribution in [3.8, 4) is 6.07 Å². The van der Waals surface area contributed by atoms with Crippen molar-refractivity contribution in [2.45, 2.75) is 13.1 Å². The van der Waals surface area contributed by atoms with Gasteiger partial charge in [0.25, 0.3) is 0 Å². The van der Waals surface area contributed by atoms with E-state index in [9.17, 15) is 13.2 Å². The van der Waals surface area contributed by atoms with Gasteiger partial charge in [0.15, 0.2) is 0 Å². The second kappa shape index (κ2) is 3.05. The van der Waals surface area contributed by atoms with Crippen LogP contribution in [0.1, 0.15) is 16.7 Å². The monoisotopic (exact) mass is 186 g/mol. The van der Waals surface area contributed by atoms with Gasteiger partial charge in [-0.2, -0.15) is 18.4 Å². The molecular formula is C8H5F3N2. The molecule has 0 spiro atoms. The van der Waals surface area contributed by atoms with Crippen molar-refractivity contribution < 1.29 is 13.2 Å². The number of nitrogens with zero attached hydrogens (tertiary/aromatic N) is 2. The first-order valence-corrected chi connectivity index (χ1v) is 3.38. The molecule has 1 heterocycles. The van der Waals surface area contributed by atoms with E-state index >= 15 is 0 Å². The molecule has 0 N–H and O–H groups in total. The summed E-state index contributed by atoms with van der Waals surface area (Å²) >= 11 is 0. The zero-order chi connectivity index (χ0) is 10.1. The number of aromatic nitrogens is 1. The molecule has 0 bridgehead atoms. The van der Waals surface area contributed by atoms with Crippen molar-refractivity contribution in [2.24, 2.45) is 0 Å². The third-order valence-corrected chi connectivity index (χ3v) is 1.64. The summed E-state index contributed by atoms with van der Waals surface area (Å²) in [5.74, 6) is 0. The number of halogens is 3. The van der Waals surface area contributed by atoms with Gasteiger partial charge >= 0.3 is 6.18 Å². The van der Waals surface area contributed by atoms with Gasteiger partial charge in [0.05, 0.1) is 11.1 Å². The van der Waals surface area contributed by atoms with Crippen LogP contribution in [0.3, 0.4) is 0 Å². The Morgan fingerprint density at radius 1 is 1.38 bits per heavy atom. The van der Waals surface area contributed by atoms with Crippen molar-refractivity contribution in [3.63, 3.8) is 0 Å². The SMILES string of the molecule is Cc1c(C#N)cncc1C(F)(F)F. The topological polar surface area (TPSA) is 36.7 Å². The van der Waals surface area contributed by atoms with Crippen LogP contribution in [0.5, 0.6) is 0 Å². The number of rotatable bonds is 0. The van der Waals surface area contributed by atoms with Gasteiger partial charge in [-0.15, -0.1) is 0 Å². The van der Waals surface area contributed by atoms with Crippen molar-refractivity contribution >= 4 is 0 Å². The number of nitriles is 1. The summed E-state index contributed by atoms with van der Waals surface area (Å²) in [6.45, 7) is 1.25. The van der Waals surface area contributed by atoms with E-state index in [4.69, 9.17) is 5.26 Å². The van der Waals surface area contributed by atoms with E-state index < -0.39 is 11.7 Å². The number of hydrogen-bond acceptors (Lipinski definition) is 2. The van der Waals surface area contributed by atoms with Gasteiger partial charge in [-0.25, -0.2) is 0 Å². The molecule has 1 aromatic heterocycles. The molecule has 5 heteroatoms. The Bertz CT molecular complexity index is 363. The summed E-state index contributed by atoms with van der Waals surface area (Å²) in [4.78, 5) is 3.34. The number of hydrogen-bond donors (Lipinski definition) is 0. The summed E-state index contributed by atoms with van der Waals surface area (Å²) in [5, 5.41) is 8.45. The van der Waals surface area contributed by atoms with Crippen LogP contribution in [0.2, 0.25) is 0 Å². The van der Waals surface area contributed by atoms with Gasteiger partial charge in [0.2, 0.25) is 0 Å². The summed E-state index contributed by atoms with van der Waals surface area (Å²) < 4.78 is 36.6. The van der Waals surface area contributed by atoms with Crippen molar-refractivity contribution in [2.75, 3.05) is 0 Å². The number of pyridine rings is 1. The Morgan fingerprint density at radius 2 is 2.00 bits per heavy atom. The Hall–Kier alpha value is -1.57. The zero-order valence-corrected chi connectivity index (χ0v) is 6.68. The van der Waals surface area contributed by atoms with Crippen LogP contribution in [0.4, 0.5) is 13.2 Å². The molecule has 2 nitrogen and oxygen atoms in total. The Balaban J connectivity index is 3.34. The van der Waals surface area contributed by atoms with E-state index in [2.05, 4.69) is 4.98 Å². The highest BCUT2D eigenvalue weighted by atomic mass is 19.4. The van der Waals surface area contributed by atoms with Crippen LogP contribution in [0.15, 0.2) is 12.4 Å². The molecule has 0 radical (unpaired) electrons. The molecule has 0 unspecified atom stereocenters. The Morgan fingerprint density at radius 3 is 2.46 bits per heavy atom. The lowest BCUT2D eigenvalue weighted by molar-refractivity contribution is -0.138. The maximum atomic E-state index is 12.2. The minimum atomic E-state index is -4.44. The van der Waals surface area contributed by atoms with Crippen LogP contribution in [-0.4, -0.2) is 4.98 Å². The predicted octanol–water partition coefficient (Wildman–Crippen LogP) is 2.28. The quantitative estimate of drug-likeness (QED) is 0.623. The third-order valence-electron chi connectivity index (χ3n) is 1.64. The zero-order valence-electron chi connectivity index (χ0n) is 6.68. The van der Waals surface area contributed by atoms with Crippen molar-refractivity contribution in [1.29, 1.82) is 5.26 Å². The highest BCUT2D eigenvalue weighted by Gasteiger charge is 2.33. The van der Waals surface area contributed by atoms with Gasteiger partial charge in [0, 0.05) is 12.4 Å². The van der Waals surface area contributed by atoms with E-state index in [1.165, 1.54) is 6.92 Å². The molecule has 0 aliphatic heterocycles. The lowest BCUT2D eigenvalue weighted by atomic mass is 10.1. The average Bonchev–Trinajstić information content (AvgIpc) is 2.02. The molecule has 0 aromatic carbocycles. The summed E-state index contributed by atoms with van der Waals surface area (Å²) in [5.41, 5.74) is -0.980. The van der Waals surface area contributed by atoms with E-state index in [1.807, 2.05) is 0 Å². The molecular weight excluding hydrogens is 181 g/mol. The summed E-state index contributed by atoms with van der Waals surface area (Å²) in [6.07, 6.45) is -2.61. The number of alkyl halides is 3. The molecule has 0 atom stereocenters. The minimum Gasteiger partial charge on any atom is -0.263 e. The molecule has 68 valence electrons. The lowest BCUT2D eigenvalue weighted by Crippen LogP contribution is -2.09. The van der Waals surface area contributed by atoms with E-state index in [-0.39, 0.29) is 11.1 Å². The highest BCUT2D eigenvalue weighted by Crippen LogP contribution is 2.31. The van der Waals surface area contributed by atoms with Gasteiger partial charge in [-0.1, -0.05) is 0 Å². The molecule has 0 saturated heterocycles. The molecule has 1 aromatic rings. The average molecular weight is 186 g/mol. The first kappa shape index (κ1) is 9.52. The maximum Gasteiger partial charge on any atom is 0.418 e. The fraction of sp³-hybridized carbons (Fsp3) is 0.250. The Kier molecular flexibility index (Phi) is 2.24. The minimum absolute atomic E-state index is 0.0465. The van der Waals surface area contributed by atoms with Crippen LogP contribution in [0.25, 0.3) is 0 Å². The van der Waals surface area contributed by atoms with E-state index in [0.717, 1.165) is 12.4 Å². The normalized spacial score (nSPS) is 11.0. The van der Waals surface area contributed by atoms with Gasteiger partial charge < -0.3 is 0 Å². The third kappa shape index (κ3) is 1.78. The molecule has 1 rings (SSSR count). The largest absolute Gasteiger partial charge is 0.418 e. The second-order valence-electron chi connectivity index (χ2n) is 2.47. The van der Waals surface area contributed by atoms with Crippen LogP contribution in [-0.2, 0) is 6.18 Å². The molecule has 0 amide bonds. The Labute approximate surface area is 72.6 Å². The van der Waals surface area contributed by atoms with Crippen molar-refractivity contribution in [1.82, 2.24) is 4.98 Å².